The van der Waals surface area contributed by atoms with E-state index in [4.69, 9.17) is 0 Å². The molecule has 0 amide bonds. The molecule has 96 valence electrons. The Labute approximate surface area is 116 Å². The highest BCUT2D eigenvalue weighted by Crippen LogP contribution is 2.38. The Kier molecular flexibility index (Phi) is 4.94. The zero-order valence-electron chi connectivity index (χ0n) is 10.4. The van der Waals surface area contributed by atoms with Crippen molar-refractivity contribution in [3.05, 3.63) is 16.4 Å². The van der Waals surface area contributed by atoms with E-state index in [1.165, 1.54) is 30.7 Å². The molecule has 1 fully saturated rings. The van der Waals surface area contributed by atoms with Crippen LogP contribution in [-0.2, 0) is 7.05 Å². The van der Waals surface area contributed by atoms with Gasteiger partial charge < -0.3 is 5.32 Å². The van der Waals surface area contributed by atoms with Crippen LogP contribution in [0, 0.1) is 0 Å². The van der Waals surface area contributed by atoms with E-state index in [9.17, 15) is 0 Å². The first kappa shape index (κ1) is 13.4. The molecule has 0 saturated carbocycles. The number of hydrogen-bond acceptors (Lipinski definition) is 3. The summed E-state index contributed by atoms with van der Waals surface area (Å²) in [5.41, 5.74) is 1.29. The van der Waals surface area contributed by atoms with Gasteiger partial charge in [-0.1, -0.05) is 6.92 Å². The van der Waals surface area contributed by atoms with Gasteiger partial charge in [-0.2, -0.15) is 16.9 Å². The number of halogens is 1. The zero-order chi connectivity index (χ0) is 12.3. The van der Waals surface area contributed by atoms with Gasteiger partial charge in [0, 0.05) is 12.3 Å². The number of thioether (sulfide) groups is 1. The van der Waals surface area contributed by atoms with Gasteiger partial charge in [-0.05, 0) is 47.5 Å². The summed E-state index contributed by atoms with van der Waals surface area (Å²) in [6.45, 7) is 3.28. The maximum Gasteiger partial charge on any atom is 0.0703 e. The molecule has 1 aliphatic heterocycles. The van der Waals surface area contributed by atoms with E-state index in [1.54, 1.807) is 0 Å². The summed E-state index contributed by atoms with van der Waals surface area (Å²) in [7, 11) is 2.03. The predicted octanol–water partition coefficient (Wildman–Crippen LogP) is 3.12. The van der Waals surface area contributed by atoms with Crippen LogP contribution in [0.25, 0.3) is 0 Å². The minimum Gasteiger partial charge on any atom is -0.308 e. The molecule has 17 heavy (non-hydrogen) atoms. The monoisotopic (exact) mass is 317 g/mol. The van der Waals surface area contributed by atoms with Crippen molar-refractivity contribution in [2.75, 3.05) is 12.3 Å². The van der Waals surface area contributed by atoms with Crippen LogP contribution in [0.5, 0.6) is 0 Å². The summed E-state index contributed by atoms with van der Waals surface area (Å²) in [5, 5.41) is 8.71. The average Bonchev–Trinajstić information content (AvgIpc) is 2.93. The Balaban J connectivity index is 2.19. The Morgan fingerprint density at radius 1 is 1.71 bits per heavy atom. The number of rotatable bonds is 5. The maximum absolute atomic E-state index is 4.34. The molecule has 1 N–H and O–H groups in total. The zero-order valence-corrected chi connectivity index (χ0v) is 12.9. The van der Waals surface area contributed by atoms with Crippen LogP contribution in [0.1, 0.15) is 37.9 Å². The molecule has 1 aromatic rings. The summed E-state index contributed by atoms with van der Waals surface area (Å²) in [6, 6.07) is 0.421. The van der Waals surface area contributed by atoms with Crippen molar-refractivity contribution in [1.29, 1.82) is 0 Å². The van der Waals surface area contributed by atoms with Crippen LogP contribution < -0.4 is 5.32 Å². The highest BCUT2D eigenvalue weighted by molar-refractivity contribution is 9.10. The Morgan fingerprint density at radius 3 is 3.06 bits per heavy atom. The third kappa shape index (κ3) is 3.06. The van der Waals surface area contributed by atoms with Crippen LogP contribution in [0.15, 0.2) is 10.7 Å². The molecule has 1 aromatic heterocycles. The Morgan fingerprint density at radius 2 is 2.53 bits per heavy atom. The first-order valence-corrected chi connectivity index (χ1v) is 8.10. The summed E-state index contributed by atoms with van der Waals surface area (Å²) < 4.78 is 3.12. The van der Waals surface area contributed by atoms with E-state index in [0.29, 0.717) is 11.3 Å². The topological polar surface area (TPSA) is 29.9 Å². The number of nitrogens with one attached hydrogen (secondary N) is 1. The van der Waals surface area contributed by atoms with Crippen LogP contribution in [-0.4, -0.2) is 27.3 Å². The van der Waals surface area contributed by atoms with Gasteiger partial charge in [0.1, 0.15) is 0 Å². The van der Waals surface area contributed by atoms with Gasteiger partial charge in [-0.25, -0.2) is 0 Å². The molecule has 1 saturated heterocycles. The molecule has 1 aliphatic rings. The van der Waals surface area contributed by atoms with Gasteiger partial charge in [0.15, 0.2) is 0 Å². The van der Waals surface area contributed by atoms with Crippen molar-refractivity contribution in [3.8, 4) is 0 Å². The minimum atomic E-state index is 0.421. The highest BCUT2D eigenvalue weighted by Gasteiger charge is 2.29. The lowest BCUT2D eigenvalue weighted by molar-refractivity contribution is 0.471. The molecule has 0 bridgehead atoms. The fourth-order valence-electron chi connectivity index (χ4n) is 2.34. The molecule has 2 heterocycles. The van der Waals surface area contributed by atoms with E-state index >= 15 is 0 Å². The summed E-state index contributed by atoms with van der Waals surface area (Å²) in [5.74, 6) is 1.30. The van der Waals surface area contributed by atoms with Gasteiger partial charge in [0.25, 0.3) is 0 Å². The molecular weight excluding hydrogens is 298 g/mol. The van der Waals surface area contributed by atoms with Gasteiger partial charge in [0.2, 0.25) is 0 Å². The molecule has 2 rings (SSSR count). The second kappa shape index (κ2) is 6.25. The number of hydrogen-bond donors (Lipinski definition) is 1. The lowest BCUT2D eigenvalue weighted by atomic mass is 10.1. The van der Waals surface area contributed by atoms with Crippen LogP contribution >= 0.6 is 27.7 Å². The molecule has 0 aliphatic carbocycles. The van der Waals surface area contributed by atoms with E-state index < -0.39 is 0 Å². The first-order chi connectivity index (χ1) is 8.24. The van der Waals surface area contributed by atoms with Crippen molar-refractivity contribution in [3.63, 3.8) is 0 Å². The van der Waals surface area contributed by atoms with Crippen molar-refractivity contribution in [1.82, 2.24) is 15.1 Å². The van der Waals surface area contributed by atoms with Crippen molar-refractivity contribution >= 4 is 27.7 Å². The van der Waals surface area contributed by atoms with Crippen LogP contribution in [0.3, 0.4) is 0 Å². The smallest absolute Gasteiger partial charge is 0.0703 e. The maximum atomic E-state index is 4.34. The van der Waals surface area contributed by atoms with Crippen molar-refractivity contribution in [2.45, 2.75) is 37.5 Å². The minimum absolute atomic E-state index is 0.421. The van der Waals surface area contributed by atoms with Gasteiger partial charge in [-0.3, -0.25) is 4.68 Å². The molecule has 5 heteroatoms. The second-order valence-electron chi connectivity index (χ2n) is 4.48. The molecular formula is C12H20BrN3S. The average molecular weight is 318 g/mol. The Bertz CT molecular complexity index is 341. The SMILES string of the molecule is CCCNC(c1c(Br)cnn1C)C1CCCS1. The Hall–Kier alpha value is -0.000000000000000111. The third-order valence-electron chi connectivity index (χ3n) is 3.18. The van der Waals surface area contributed by atoms with Gasteiger partial charge in [0.05, 0.1) is 22.4 Å². The molecule has 3 nitrogen and oxygen atoms in total. The molecule has 0 radical (unpaired) electrons. The highest BCUT2D eigenvalue weighted by atomic mass is 79.9. The largest absolute Gasteiger partial charge is 0.308 e. The fraction of sp³-hybridized carbons (Fsp3) is 0.750. The quantitative estimate of drug-likeness (QED) is 0.905. The molecule has 2 unspecified atom stereocenters. The lowest BCUT2D eigenvalue weighted by Crippen LogP contribution is -2.31. The molecule has 2 atom stereocenters. The van der Waals surface area contributed by atoms with E-state index in [0.717, 1.165) is 11.0 Å². The molecule has 0 aromatic carbocycles. The van der Waals surface area contributed by atoms with Crippen molar-refractivity contribution in [2.24, 2.45) is 7.05 Å². The lowest BCUT2D eigenvalue weighted by Gasteiger charge is -2.25. The second-order valence-corrected chi connectivity index (χ2v) is 6.69. The normalized spacial score (nSPS) is 21.9. The fourth-order valence-corrected chi connectivity index (χ4v) is 4.32. The molecule has 0 spiro atoms. The van der Waals surface area contributed by atoms with Gasteiger partial charge in [-0.15, -0.1) is 0 Å². The summed E-state index contributed by atoms with van der Waals surface area (Å²) >= 11 is 5.72. The van der Waals surface area contributed by atoms with Crippen molar-refractivity contribution < 1.29 is 0 Å². The number of aryl methyl sites for hydroxylation is 1. The van der Waals surface area contributed by atoms with E-state index in [2.05, 4.69) is 45.0 Å². The summed E-state index contributed by atoms with van der Waals surface area (Å²) in [4.78, 5) is 0. The summed E-state index contributed by atoms with van der Waals surface area (Å²) in [6.07, 6.45) is 5.72. The van der Waals surface area contributed by atoms with E-state index in [-0.39, 0.29) is 0 Å². The van der Waals surface area contributed by atoms with Gasteiger partial charge >= 0.3 is 0 Å². The van der Waals surface area contributed by atoms with E-state index in [1.807, 2.05) is 17.9 Å². The van der Waals surface area contributed by atoms with Crippen LogP contribution in [0.4, 0.5) is 0 Å². The van der Waals surface area contributed by atoms with Crippen LogP contribution in [0.2, 0.25) is 0 Å². The third-order valence-corrected chi connectivity index (χ3v) is 5.25. The first-order valence-electron chi connectivity index (χ1n) is 6.26. The predicted molar refractivity (Wildman–Crippen MR) is 77.4 cm³/mol. The number of aromatic nitrogens is 2. The standard InChI is InChI=1S/C12H20BrN3S/c1-3-6-14-11(10-5-4-7-17-10)12-9(13)8-15-16(12)2/h8,10-11,14H,3-7H2,1-2H3. The number of nitrogens with zero attached hydrogens (tertiary/aromatic N) is 2.